The van der Waals surface area contributed by atoms with Gasteiger partial charge in [0.05, 0.1) is 10.7 Å². The summed E-state index contributed by atoms with van der Waals surface area (Å²) in [5.41, 5.74) is 1.28. The van der Waals surface area contributed by atoms with Crippen molar-refractivity contribution < 1.29 is 4.79 Å². The van der Waals surface area contributed by atoms with Crippen LogP contribution in [0.2, 0.25) is 0 Å². The highest BCUT2D eigenvalue weighted by Gasteiger charge is 2.12. The van der Waals surface area contributed by atoms with Crippen molar-refractivity contribution in [3.05, 3.63) is 69.4 Å². The maximum atomic E-state index is 12.4. The van der Waals surface area contributed by atoms with E-state index in [1.165, 1.54) is 10.7 Å². The Morgan fingerprint density at radius 2 is 2.00 bits per heavy atom. The van der Waals surface area contributed by atoms with Gasteiger partial charge in [0, 0.05) is 43.2 Å². The Bertz CT molecular complexity index is 891. The maximum Gasteiger partial charge on any atom is 0.267 e. The third kappa shape index (κ3) is 4.39. The summed E-state index contributed by atoms with van der Waals surface area (Å²) in [5.74, 6) is -0.156. The minimum absolute atomic E-state index is 0.0755. The van der Waals surface area contributed by atoms with E-state index in [-0.39, 0.29) is 18.0 Å². The van der Waals surface area contributed by atoms with E-state index >= 15 is 0 Å². The van der Waals surface area contributed by atoms with E-state index in [2.05, 4.69) is 10.1 Å². The summed E-state index contributed by atoms with van der Waals surface area (Å²) in [5, 5.41) is 7.22. The van der Waals surface area contributed by atoms with E-state index in [0.717, 1.165) is 10.6 Å². The predicted octanol–water partition coefficient (Wildman–Crippen LogP) is 2.07. The number of benzene rings is 1. The van der Waals surface area contributed by atoms with Gasteiger partial charge in [-0.15, -0.1) is 11.3 Å². The average Bonchev–Trinajstić information content (AvgIpc) is 3.15. The first-order valence-electron chi connectivity index (χ1n) is 7.89. The van der Waals surface area contributed by atoms with Crippen molar-refractivity contribution in [2.24, 2.45) is 0 Å². The molecule has 0 atom stereocenters. The van der Waals surface area contributed by atoms with Crippen LogP contribution in [-0.2, 0) is 17.8 Å². The molecular weight excluding hydrogens is 336 g/mol. The first-order chi connectivity index (χ1) is 12.1. The third-order valence-electron chi connectivity index (χ3n) is 3.79. The van der Waals surface area contributed by atoms with Crippen LogP contribution < -0.4 is 5.56 Å². The zero-order valence-corrected chi connectivity index (χ0v) is 14.6. The number of carbonyl (C=O) groups excluding carboxylic acids is 1. The lowest BCUT2D eigenvalue weighted by molar-refractivity contribution is -0.130. The van der Waals surface area contributed by atoms with Crippen LogP contribution in [0.3, 0.4) is 0 Å². The monoisotopic (exact) mass is 354 g/mol. The number of hydrogen-bond acceptors (Lipinski definition) is 5. The molecule has 0 aliphatic carbocycles. The van der Waals surface area contributed by atoms with Crippen LogP contribution in [0.5, 0.6) is 0 Å². The molecule has 6 nitrogen and oxygen atoms in total. The van der Waals surface area contributed by atoms with Crippen molar-refractivity contribution in [1.29, 1.82) is 0 Å². The van der Waals surface area contributed by atoms with Crippen molar-refractivity contribution in [3.8, 4) is 11.3 Å². The Kier molecular flexibility index (Phi) is 5.35. The molecule has 1 aromatic carbocycles. The van der Waals surface area contributed by atoms with E-state index < -0.39 is 0 Å². The molecule has 0 fully saturated rings. The molecule has 1 amide bonds. The number of likely N-dealkylation sites (N-methyl/N-ethyl adjacent to an activating group) is 1. The van der Waals surface area contributed by atoms with Gasteiger partial charge in [-0.3, -0.25) is 9.59 Å². The van der Waals surface area contributed by atoms with E-state index in [1.54, 1.807) is 35.5 Å². The van der Waals surface area contributed by atoms with Crippen LogP contribution in [0.15, 0.2) is 58.8 Å². The van der Waals surface area contributed by atoms with Crippen molar-refractivity contribution >= 4 is 17.2 Å². The number of rotatable bonds is 6. The highest BCUT2D eigenvalue weighted by atomic mass is 32.1. The SMILES string of the molecule is CN(CCc1nccs1)C(=O)Cn1nc(-c2ccccc2)ccc1=O. The molecule has 0 bridgehead atoms. The molecule has 2 aromatic heterocycles. The second kappa shape index (κ2) is 7.85. The lowest BCUT2D eigenvalue weighted by Gasteiger charge is -2.17. The summed E-state index contributed by atoms with van der Waals surface area (Å²) in [7, 11) is 1.72. The molecule has 3 rings (SSSR count). The fraction of sp³-hybridized carbons (Fsp3) is 0.222. The molecule has 0 aliphatic heterocycles. The standard InChI is InChI=1S/C18H18N4O2S/c1-21(11-9-16-19-10-12-25-16)18(24)13-22-17(23)8-7-15(20-22)14-5-3-2-4-6-14/h2-8,10,12H,9,11,13H2,1H3. The molecule has 0 unspecified atom stereocenters. The summed E-state index contributed by atoms with van der Waals surface area (Å²) in [6.07, 6.45) is 2.45. The fourth-order valence-corrected chi connectivity index (χ4v) is 2.95. The molecular formula is C18H18N4O2S. The van der Waals surface area contributed by atoms with Gasteiger partial charge in [0.2, 0.25) is 5.91 Å². The van der Waals surface area contributed by atoms with E-state index in [4.69, 9.17) is 0 Å². The second-order valence-corrected chi connectivity index (χ2v) is 6.55. The number of carbonyl (C=O) groups is 1. The van der Waals surface area contributed by atoms with Gasteiger partial charge in [-0.25, -0.2) is 9.67 Å². The molecule has 0 N–H and O–H groups in total. The lowest BCUT2D eigenvalue weighted by Crippen LogP contribution is -2.36. The number of nitrogens with zero attached hydrogens (tertiary/aromatic N) is 4. The average molecular weight is 354 g/mol. The van der Waals surface area contributed by atoms with Crippen LogP contribution in [0, 0.1) is 0 Å². The van der Waals surface area contributed by atoms with Crippen molar-refractivity contribution in [2.75, 3.05) is 13.6 Å². The van der Waals surface area contributed by atoms with Crippen molar-refractivity contribution in [3.63, 3.8) is 0 Å². The highest BCUT2D eigenvalue weighted by Crippen LogP contribution is 2.14. The zero-order valence-electron chi connectivity index (χ0n) is 13.8. The summed E-state index contributed by atoms with van der Waals surface area (Å²) in [6.45, 7) is 0.480. The minimum atomic E-state index is -0.290. The molecule has 7 heteroatoms. The van der Waals surface area contributed by atoms with E-state index in [0.29, 0.717) is 18.7 Å². The zero-order chi connectivity index (χ0) is 17.6. The van der Waals surface area contributed by atoms with Gasteiger partial charge in [-0.2, -0.15) is 5.10 Å². The molecule has 0 radical (unpaired) electrons. The topological polar surface area (TPSA) is 68.1 Å². The number of hydrogen-bond donors (Lipinski definition) is 0. The molecule has 0 spiro atoms. The second-order valence-electron chi connectivity index (χ2n) is 5.57. The number of amides is 1. The molecule has 128 valence electrons. The van der Waals surface area contributed by atoms with Crippen LogP contribution >= 0.6 is 11.3 Å². The van der Waals surface area contributed by atoms with Gasteiger partial charge < -0.3 is 4.90 Å². The Hall–Kier alpha value is -2.80. The van der Waals surface area contributed by atoms with Crippen LogP contribution in [0.25, 0.3) is 11.3 Å². The van der Waals surface area contributed by atoms with Crippen LogP contribution in [-0.4, -0.2) is 39.2 Å². The fourth-order valence-electron chi connectivity index (χ4n) is 2.34. The van der Waals surface area contributed by atoms with E-state index in [9.17, 15) is 9.59 Å². The largest absolute Gasteiger partial charge is 0.344 e. The first kappa shape index (κ1) is 17.0. The highest BCUT2D eigenvalue weighted by molar-refractivity contribution is 7.09. The Morgan fingerprint density at radius 1 is 1.20 bits per heavy atom. The number of aromatic nitrogens is 3. The molecule has 25 heavy (non-hydrogen) atoms. The molecule has 0 saturated heterocycles. The predicted molar refractivity (Wildman–Crippen MR) is 97.4 cm³/mol. The summed E-state index contributed by atoms with van der Waals surface area (Å²) in [4.78, 5) is 30.2. The van der Waals surface area contributed by atoms with Gasteiger partial charge in [-0.1, -0.05) is 30.3 Å². The summed E-state index contributed by atoms with van der Waals surface area (Å²) < 4.78 is 1.21. The smallest absolute Gasteiger partial charge is 0.267 e. The van der Waals surface area contributed by atoms with Gasteiger partial charge in [-0.05, 0) is 6.07 Å². The van der Waals surface area contributed by atoms with Gasteiger partial charge in [0.15, 0.2) is 0 Å². The molecule has 0 saturated carbocycles. The summed E-state index contributed by atoms with van der Waals surface area (Å²) >= 11 is 1.57. The molecule has 3 aromatic rings. The van der Waals surface area contributed by atoms with Crippen molar-refractivity contribution in [2.45, 2.75) is 13.0 Å². The van der Waals surface area contributed by atoms with Crippen LogP contribution in [0.4, 0.5) is 0 Å². The van der Waals surface area contributed by atoms with E-state index in [1.807, 2.05) is 35.7 Å². The Labute approximate surface area is 149 Å². The minimum Gasteiger partial charge on any atom is -0.344 e. The van der Waals surface area contributed by atoms with Crippen molar-refractivity contribution in [1.82, 2.24) is 19.7 Å². The lowest BCUT2D eigenvalue weighted by atomic mass is 10.1. The maximum absolute atomic E-state index is 12.4. The Morgan fingerprint density at radius 3 is 2.72 bits per heavy atom. The normalized spacial score (nSPS) is 10.6. The van der Waals surface area contributed by atoms with Gasteiger partial charge in [0.25, 0.3) is 5.56 Å². The molecule has 2 heterocycles. The van der Waals surface area contributed by atoms with Crippen LogP contribution in [0.1, 0.15) is 5.01 Å². The Balaban J connectivity index is 1.69. The summed E-state index contributed by atoms with van der Waals surface area (Å²) in [6, 6.07) is 12.7. The van der Waals surface area contributed by atoms with Gasteiger partial charge >= 0.3 is 0 Å². The van der Waals surface area contributed by atoms with Gasteiger partial charge in [0.1, 0.15) is 6.54 Å². The first-order valence-corrected chi connectivity index (χ1v) is 8.77. The molecule has 0 aliphatic rings. The number of thiazole rings is 1. The third-order valence-corrected chi connectivity index (χ3v) is 4.63. The quantitative estimate of drug-likeness (QED) is 0.680.